The smallest absolute Gasteiger partial charge is 0.141 e. The SMILES string of the molecule is N#Cc1cc(Br)c(CN)cc1F. The number of nitrogens with two attached hydrogens (primary N) is 1. The van der Waals surface area contributed by atoms with Crippen molar-refractivity contribution in [3.05, 3.63) is 33.5 Å². The summed E-state index contributed by atoms with van der Waals surface area (Å²) in [4.78, 5) is 0. The monoisotopic (exact) mass is 228 g/mol. The lowest BCUT2D eigenvalue weighted by molar-refractivity contribution is 0.621. The third-order valence-corrected chi connectivity index (χ3v) is 2.21. The summed E-state index contributed by atoms with van der Waals surface area (Å²) < 4.78 is 13.6. The molecule has 0 bridgehead atoms. The molecule has 0 aliphatic carbocycles. The maximum absolute atomic E-state index is 12.9. The van der Waals surface area contributed by atoms with Crippen LogP contribution in [0.4, 0.5) is 4.39 Å². The second kappa shape index (κ2) is 3.65. The third kappa shape index (κ3) is 1.63. The lowest BCUT2D eigenvalue weighted by atomic mass is 10.1. The van der Waals surface area contributed by atoms with Gasteiger partial charge in [-0.2, -0.15) is 5.26 Å². The van der Waals surface area contributed by atoms with Gasteiger partial charge in [0.15, 0.2) is 0 Å². The minimum Gasteiger partial charge on any atom is -0.326 e. The molecule has 0 fully saturated rings. The minimum atomic E-state index is -0.527. The van der Waals surface area contributed by atoms with Gasteiger partial charge in [-0.25, -0.2) is 4.39 Å². The third-order valence-electron chi connectivity index (χ3n) is 1.48. The molecule has 0 aliphatic heterocycles. The largest absolute Gasteiger partial charge is 0.326 e. The van der Waals surface area contributed by atoms with E-state index in [1.807, 2.05) is 0 Å². The van der Waals surface area contributed by atoms with E-state index in [0.29, 0.717) is 10.0 Å². The van der Waals surface area contributed by atoms with Crippen LogP contribution >= 0.6 is 15.9 Å². The van der Waals surface area contributed by atoms with Gasteiger partial charge in [0.05, 0.1) is 5.56 Å². The number of nitriles is 1. The maximum Gasteiger partial charge on any atom is 0.141 e. The summed E-state index contributed by atoms with van der Waals surface area (Å²) in [5, 5.41) is 8.46. The first-order chi connectivity index (χ1) is 5.69. The van der Waals surface area contributed by atoms with Crippen LogP contribution in [0.5, 0.6) is 0 Å². The Morgan fingerprint density at radius 2 is 2.25 bits per heavy atom. The average molecular weight is 229 g/mol. The summed E-state index contributed by atoms with van der Waals surface area (Å²) in [6.07, 6.45) is 0. The maximum atomic E-state index is 12.9. The van der Waals surface area contributed by atoms with Gasteiger partial charge >= 0.3 is 0 Å². The van der Waals surface area contributed by atoms with Crippen LogP contribution < -0.4 is 5.73 Å². The highest BCUT2D eigenvalue weighted by Crippen LogP contribution is 2.20. The van der Waals surface area contributed by atoms with Gasteiger partial charge < -0.3 is 5.73 Å². The molecule has 12 heavy (non-hydrogen) atoms. The van der Waals surface area contributed by atoms with E-state index in [1.165, 1.54) is 12.1 Å². The molecule has 0 aromatic heterocycles. The van der Waals surface area contributed by atoms with E-state index in [9.17, 15) is 4.39 Å². The van der Waals surface area contributed by atoms with Gasteiger partial charge in [0.1, 0.15) is 11.9 Å². The van der Waals surface area contributed by atoms with E-state index < -0.39 is 5.82 Å². The van der Waals surface area contributed by atoms with Crippen molar-refractivity contribution in [1.29, 1.82) is 5.26 Å². The molecule has 2 nitrogen and oxygen atoms in total. The Labute approximate surface area is 77.9 Å². The Kier molecular flexibility index (Phi) is 2.79. The number of benzene rings is 1. The molecule has 0 radical (unpaired) electrons. The van der Waals surface area contributed by atoms with Crippen LogP contribution in [0, 0.1) is 17.1 Å². The second-order valence-electron chi connectivity index (χ2n) is 2.24. The molecular formula is C8H6BrFN2. The van der Waals surface area contributed by atoms with E-state index in [4.69, 9.17) is 11.0 Å². The summed E-state index contributed by atoms with van der Waals surface area (Å²) in [6.45, 7) is 0.253. The molecule has 0 heterocycles. The summed E-state index contributed by atoms with van der Waals surface area (Å²) >= 11 is 3.18. The quantitative estimate of drug-likeness (QED) is 0.799. The molecule has 2 N–H and O–H groups in total. The van der Waals surface area contributed by atoms with Crippen LogP contribution in [-0.4, -0.2) is 0 Å². The Bertz CT molecular complexity index is 343. The predicted molar refractivity (Wildman–Crippen MR) is 46.7 cm³/mol. The molecule has 0 saturated heterocycles. The van der Waals surface area contributed by atoms with E-state index >= 15 is 0 Å². The number of hydrogen-bond donors (Lipinski definition) is 1. The van der Waals surface area contributed by atoms with Crippen molar-refractivity contribution in [1.82, 2.24) is 0 Å². The molecule has 1 rings (SSSR count). The molecule has 0 atom stereocenters. The topological polar surface area (TPSA) is 49.8 Å². The predicted octanol–water partition coefficient (Wildman–Crippen LogP) is 1.92. The molecule has 0 aliphatic rings. The summed E-state index contributed by atoms with van der Waals surface area (Å²) in [7, 11) is 0. The zero-order valence-electron chi connectivity index (χ0n) is 6.14. The molecule has 1 aromatic carbocycles. The van der Waals surface area contributed by atoms with Crippen molar-refractivity contribution in [2.45, 2.75) is 6.54 Å². The standard InChI is InChI=1S/C8H6BrFN2/c9-7-1-6(4-12)8(10)2-5(7)3-11/h1-2H,3,11H2. The molecular weight excluding hydrogens is 223 g/mol. The fraction of sp³-hybridized carbons (Fsp3) is 0.125. The van der Waals surface area contributed by atoms with Crippen LogP contribution in [0.25, 0.3) is 0 Å². The van der Waals surface area contributed by atoms with Gasteiger partial charge in [-0.3, -0.25) is 0 Å². The highest BCUT2D eigenvalue weighted by molar-refractivity contribution is 9.10. The highest BCUT2D eigenvalue weighted by atomic mass is 79.9. The molecule has 0 spiro atoms. The van der Waals surface area contributed by atoms with Crippen molar-refractivity contribution < 1.29 is 4.39 Å². The summed E-state index contributed by atoms with van der Waals surface area (Å²) in [6, 6.07) is 4.44. The minimum absolute atomic E-state index is 0.0269. The van der Waals surface area contributed by atoms with Gasteiger partial charge in [0.25, 0.3) is 0 Å². The van der Waals surface area contributed by atoms with Crippen molar-refractivity contribution in [2.75, 3.05) is 0 Å². The Balaban J connectivity index is 3.28. The average Bonchev–Trinajstić information content (AvgIpc) is 2.08. The highest BCUT2D eigenvalue weighted by Gasteiger charge is 2.05. The normalized spacial score (nSPS) is 9.50. The van der Waals surface area contributed by atoms with Crippen LogP contribution in [0.3, 0.4) is 0 Å². The van der Waals surface area contributed by atoms with E-state index in [2.05, 4.69) is 15.9 Å². The van der Waals surface area contributed by atoms with Crippen LogP contribution in [0.15, 0.2) is 16.6 Å². The van der Waals surface area contributed by atoms with Crippen LogP contribution in [0.1, 0.15) is 11.1 Å². The first-order valence-electron chi connectivity index (χ1n) is 3.27. The summed E-state index contributed by atoms with van der Waals surface area (Å²) in [5.41, 5.74) is 6.02. The van der Waals surface area contributed by atoms with Gasteiger partial charge in [0.2, 0.25) is 0 Å². The van der Waals surface area contributed by atoms with Gasteiger partial charge in [-0.05, 0) is 17.7 Å². The van der Waals surface area contributed by atoms with E-state index in [1.54, 1.807) is 6.07 Å². The van der Waals surface area contributed by atoms with Crippen molar-refractivity contribution >= 4 is 15.9 Å². The number of hydrogen-bond acceptors (Lipinski definition) is 2. The van der Waals surface area contributed by atoms with E-state index in [0.717, 1.165) is 0 Å². The van der Waals surface area contributed by atoms with Gasteiger partial charge in [-0.15, -0.1) is 0 Å². The molecule has 0 unspecified atom stereocenters. The zero-order valence-corrected chi connectivity index (χ0v) is 7.73. The molecule has 62 valence electrons. The molecule has 1 aromatic rings. The fourth-order valence-electron chi connectivity index (χ4n) is 0.830. The molecule has 0 amide bonds. The fourth-order valence-corrected chi connectivity index (χ4v) is 1.34. The number of rotatable bonds is 1. The first-order valence-corrected chi connectivity index (χ1v) is 4.06. The number of halogens is 2. The van der Waals surface area contributed by atoms with Crippen LogP contribution in [-0.2, 0) is 6.54 Å². The lowest BCUT2D eigenvalue weighted by Crippen LogP contribution is -1.99. The first kappa shape index (κ1) is 9.17. The second-order valence-corrected chi connectivity index (χ2v) is 3.09. The Hall–Kier alpha value is -0.920. The Morgan fingerprint density at radius 3 is 2.75 bits per heavy atom. The van der Waals surface area contributed by atoms with Gasteiger partial charge in [-0.1, -0.05) is 15.9 Å². The van der Waals surface area contributed by atoms with Crippen LogP contribution in [0.2, 0.25) is 0 Å². The van der Waals surface area contributed by atoms with Gasteiger partial charge in [0, 0.05) is 11.0 Å². The lowest BCUT2D eigenvalue weighted by Gasteiger charge is -2.01. The van der Waals surface area contributed by atoms with Crippen molar-refractivity contribution in [2.24, 2.45) is 5.73 Å². The number of nitrogens with zero attached hydrogens (tertiary/aromatic N) is 1. The Morgan fingerprint density at radius 1 is 1.58 bits per heavy atom. The molecule has 0 saturated carbocycles. The van der Waals surface area contributed by atoms with Crippen molar-refractivity contribution in [3.63, 3.8) is 0 Å². The summed E-state index contributed by atoms with van der Waals surface area (Å²) in [5.74, 6) is -0.527. The zero-order chi connectivity index (χ0) is 9.14. The van der Waals surface area contributed by atoms with E-state index in [-0.39, 0.29) is 12.1 Å². The van der Waals surface area contributed by atoms with Crippen molar-refractivity contribution in [3.8, 4) is 6.07 Å². The molecule has 4 heteroatoms.